The van der Waals surface area contributed by atoms with E-state index in [4.69, 9.17) is 11.0 Å². The molecule has 86 valence electrons. The summed E-state index contributed by atoms with van der Waals surface area (Å²) in [6.07, 6.45) is 6.63. The molecule has 1 saturated carbocycles. The fourth-order valence-electron chi connectivity index (χ4n) is 2.16. The molecule has 5 heteroatoms. The van der Waals surface area contributed by atoms with Gasteiger partial charge in [0, 0.05) is 6.54 Å². The van der Waals surface area contributed by atoms with E-state index in [2.05, 4.69) is 15.8 Å². The van der Waals surface area contributed by atoms with Crippen molar-refractivity contribution in [1.82, 2.24) is 4.37 Å². The van der Waals surface area contributed by atoms with E-state index in [1.54, 1.807) is 0 Å². The van der Waals surface area contributed by atoms with Crippen molar-refractivity contribution in [2.75, 3.05) is 17.6 Å². The Morgan fingerprint density at radius 3 is 2.88 bits per heavy atom. The van der Waals surface area contributed by atoms with Crippen LogP contribution in [0.5, 0.6) is 0 Å². The first-order valence-electron chi connectivity index (χ1n) is 5.70. The predicted molar refractivity (Wildman–Crippen MR) is 66.3 cm³/mol. The van der Waals surface area contributed by atoms with Crippen LogP contribution in [0.1, 0.15) is 37.7 Å². The summed E-state index contributed by atoms with van der Waals surface area (Å²) in [6.45, 7) is 0.941. The van der Waals surface area contributed by atoms with Crippen molar-refractivity contribution in [2.24, 2.45) is 5.92 Å². The second-order valence-electron chi connectivity index (χ2n) is 4.27. The van der Waals surface area contributed by atoms with E-state index in [0.717, 1.165) is 17.5 Å². The Morgan fingerprint density at radius 1 is 1.44 bits per heavy atom. The van der Waals surface area contributed by atoms with Crippen LogP contribution in [-0.4, -0.2) is 10.9 Å². The SMILES string of the molecule is N#Cc1c(N)nsc1NCC1CCCCC1. The summed E-state index contributed by atoms with van der Waals surface area (Å²) in [7, 11) is 0. The van der Waals surface area contributed by atoms with E-state index in [9.17, 15) is 0 Å². The van der Waals surface area contributed by atoms with E-state index in [1.165, 1.54) is 43.6 Å². The Hall–Kier alpha value is -1.28. The van der Waals surface area contributed by atoms with Gasteiger partial charge >= 0.3 is 0 Å². The van der Waals surface area contributed by atoms with Gasteiger partial charge < -0.3 is 11.1 Å². The molecule has 1 aromatic heterocycles. The fraction of sp³-hybridized carbons (Fsp3) is 0.636. The average Bonchev–Trinajstić information content (AvgIpc) is 2.68. The maximum atomic E-state index is 8.92. The van der Waals surface area contributed by atoms with E-state index in [0.29, 0.717) is 11.4 Å². The lowest BCUT2D eigenvalue weighted by molar-refractivity contribution is 0.373. The maximum absolute atomic E-state index is 8.92. The highest BCUT2D eigenvalue weighted by molar-refractivity contribution is 7.10. The van der Waals surface area contributed by atoms with Gasteiger partial charge in [-0.1, -0.05) is 19.3 Å². The first-order chi connectivity index (χ1) is 7.81. The molecule has 0 atom stereocenters. The third-order valence-corrected chi connectivity index (χ3v) is 3.93. The molecule has 0 spiro atoms. The molecule has 0 bridgehead atoms. The second-order valence-corrected chi connectivity index (χ2v) is 5.04. The summed E-state index contributed by atoms with van der Waals surface area (Å²) < 4.78 is 3.99. The lowest BCUT2D eigenvalue weighted by Gasteiger charge is -2.21. The third-order valence-electron chi connectivity index (χ3n) is 3.11. The first-order valence-corrected chi connectivity index (χ1v) is 6.47. The first kappa shape index (κ1) is 11.2. The van der Waals surface area contributed by atoms with Crippen molar-refractivity contribution >= 4 is 22.4 Å². The minimum atomic E-state index is 0.346. The number of hydrogen-bond acceptors (Lipinski definition) is 5. The lowest BCUT2D eigenvalue weighted by Crippen LogP contribution is -2.17. The molecule has 4 nitrogen and oxygen atoms in total. The Morgan fingerprint density at radius 2 is 2.19 bits per heavy atom. The molecular weight excluding hydrogens is 220 g/mol. The molecule has 0 radical (unpaired) electrons. The van der Waals surface area contributed by atoms with Crippen molar-refractivity contribution < 1.29 is 0 Å². The van der Waals surface area contributed by atoms with Crippen LogP contribution < -0.4 is 11.1 Å². The lowest BCUT2D eigenvalue weighted by atomic mass is 9.89. The van der Waals surface area contributed by atoms with Crippen LogP contribution in [0.25, 0.3) is 0 Å². The number of nitrogens with two attached hydrogens (primary N) is 1. The summed E-state index contributed by atoms with van der Waals surface area (Å²) in [5.74, 6) is 1.09. The molecule has 1 heterocycles. The monoisotopic (exact) mass is 236 g/mol. The maximum Gasteiger partial charge on any atom is 0.157 e. The molecule has 16 heavy (non-hydrogen) atoms. The van der Waals surface area contributed by atoms with Crippen LogP contribution >= 0.6 is 11.5 Å². The Kier molecular flexibility index (Phi) is 3.62. The van der Waals surface area contributed by atoms with E-state index in [-0.39, 0.29) is 0 Å². The normalized spacial score (nSPS) is 16.9. The molecular formula is C11H16N4S. The van der Waals surface area contributed by atoms with Crippen LogP contribution in [0.2, 0.25) is 0 Å². The van der Waals surface area contributed by atoms with Gasteiger partial charge in [-0.25, -0.2) is 0 Å². The number of nitriles is 1. The summed E-state index contributed by atoms with van der Waals surface area (Å²) in [5, 5.41) is 13.1. The highest BCUT2D eigenvalue weighted by atomic mass is 32.1. The van der Waals surface area contributed by atoms with Crippen LogP contribution in [0, 0.1) is 17.2 Å². The summed E-state index contributed by atoms with van der Waals surface area (Å²) in [5.41, 5.74) is 6.10. The van der Waals surface area contributed by atoms with Gasteiger partial charge in [0.15, 0.2) is 5.82 Å². The summed E-state index contributed by atoms with van der Waals surface area (Å²) in [6, 6.07) is 2.09. The molecule has 1 aromatic rings. The largest absolute Gasteiger partial charge is 0.382 e. The molecule has 0 aliphatic heterocycles. The topological polar surface area (TPSA) is 74.7 Å². The van der Waals surface area contributed by atoms with Crippen LogP contribution in [0.15, 0.2) is 0 Å². The van der Waals surface area contributed by atoms with E-state index < -0.39 is 0 Å². The van der Waals surface area contributed by atoms with Crippen LogP contribution in [-0.2, 0) is 0 Å². The number of nitrogens with one attached hydrogen (secondary N) is 1. The van der Waals surface area contributed by atoms with Gasteiger partial charge in [0.25, 0.3) is 0 Å². The average molecular weight is 236 g/mol. The minimum Gasteiger partial charge on any atom is -0.382 e. The Labute approximate surface area is 99.6 Å². The van der Waals surface area contributed by atoms with Gasteiger partial charge in [-0.05, 0) is 30.3 Å². The Bertz CT molecular complexity index is 387. The fourth-order valence-corrected chi connectivity index (χ4v) is 2.83. The number of aromatic nitrogens is 1. The van der Waals surface area contributed by atoms with Gasteiger partial charge in [-0.3, -0.25) is 0 Å². The van der Waals surface area contributed by atoms with Crippen molar-refractivity contribution in [3.63, 3.8) is 0 Å². The number of nitrogens with zero attached hydrogens (tertiary/aromatic N) is 2. The quantitative estimate of drug-likeness (QED) is 0.845. The van der Waals surface area contributed by atoms with Crippen molar-refractivity contribution in [1.29, 1.82) is 5.26 Å². The smallest absolute Gasteiger partial charge is 0.157 e. The van der Waals surface area contributed by atoms with Gasteiger partial charge in [0.1, 0.15) is 16.6 Å². The molecule has 3 N–H and O–H groups in total. The number of rotatable bonds is 3. The minimum absolute atomic E-state index is 0.346. The highest BCUT2D eigenvalue weighted by Gasteiger charge is 2.15. The van der Waals surface area contributed by atoms with E-state index >= 15 is 0 Å². The molecule has 0 amide bonds. The predicted octanol–water partition coefficient (Wildman–Crippen LogP) is 2.59. The van der Waals surface area contributed by atoms with Crippen molar-refractivity contribution in [2.45, 2.75) is 32.1 Å². The van der Waals surface area contributed by atoms with E-state index in [1.807, 2.05) is 0 Å². The zero-order valence-corrected chi connectivity index (χ0v) is 10.0. The van der Waals surface area contributed by atoms with Gasteiger partial charge in [0.05, 0.1) is 0 Å². The molecule has 0 saturated heterocycles. The van der Waals surface area contributed by atoms with Gasteiger partial charge in [-0.2, -0.15) is 9.64 Å². The standard InChI is InChI=1S/C11H16N4S/c12-6-9-10(13)15-16-11(9)14-7-8-4-2-1-3-5-8/h8,14H,1-5,7H2,(H2,13,15). The molecule has 0 aromatic carbocycles. The van der Waals surface area contributed by atoms with Crippen LogP contribution in [0.4, 0.5) is 10.8 Å². The van der Waals surface area contributed by atoms with Crippen molar-refractivity contribution in [3.05, 3.63) is 5.56 Å². The molecule has 1 aliphatic carbocycles. The van der Waals surface area contributed by atoms with Crippen LogP contribution in [0.3, 0.4) is 0 Å². The molecule has 1 fully saturated rings. The Balaban J connectivity index is 1.91. The zero-order chi connectivity index (χ0) is 11.4. The summed E-state index contributed by atoms with van der Waals surface area (Å²) in [4.78, 5) is 0. The number of nitrogen functional groups attached to an aromatic ring is 1. The van der Waals surface area contributed by atoms with Crippen molar-refractivity contribution in [3.8, 4) is 6.07 Å². The third kappa shape index (κ3) is 2.45. The second kappa shape index (κ2) is 5.17. The molecule has 0 unspecified atom stereocenters. The highest BCUT2D eigenvalue weighted by Crippen LogP contribution is 2.28. The van der Waals surface area contributed by atoms with Gasteiger partial charge in [-0.15, -0.1) is 0 Å². The number of hydrogen-bond donors (Lipinski definition) is 2. The summed E-state index contributed by atoms with van der Waals surface area (Å²) >= 11 is 1.28. The van der Waals surface area contributed by atoms with Gasteiger partial charge in [0.2, 0.25) is 0 Å². The zero-order valence-electron chi connectivity index (χ0n) is 9.20. The number of anilines is 2. The molecule has 2 rings (SSSR count). The molecule has 1 aliphatic rings.